The van der Waals surface area contributed by atoms with Crippen molar-refractivity contribution in [3.05, 3.63) is 18.3 Å². The van der Waals surface area contributed by atoms with Crippen molar-refractivity contribution < 1.29 is 9.31 Å². The van der Waals surface area contributed by atoms with Gasteiger partial charge in [0.25, 0.3) is 0 Å². The van der Waals surface area contributed by atoms with Crippen LogP contribution in [0.2, 0.25) is 0 Å². The van der Waals surface area contributed by atoms with Gasteiger partial charge >= 0.3 is 7.12 Å². The summed E-state index contributed by atoms with van der Waals surface area (Å²) in [6.07, 6.45) is 1.80. The van der Waals surface area contributed by atoms with Crippen LogP contribution in [0.15, 0.2) is 18.3 Å². The third-order valence-electron chi connectivity index (χ3n) is 3.33. The molecule has 0 radical (unpaired) electrons. The molecule has 3 nitrogen and oxygen atoms in total. The zero-order chi connectivity index (χ0) is 12.0. The van der Waals surface area contributed by atoms with Crippen LogP contribution in [-0.4, -0.2) is 23.3 Å². The van der Waals surface area contributed by atoms with E-state index in [2.05, 4.69) is 14.2 Å². The Kier molecular flexibility index (Phi) is 2.86. The maximum Gasteiger partial charge on any atom is 0.496 e. The Bertz CT molecular complexity index is 375. The summed E-state index contributed by atoms with van der Waals surface area (Å²) in [5.74, 6) is 0. The summed E-state index contributed by atoms with van der Waals surface area (Å²) in [7, 11) is 2.25. The van der Waals surface area contributed by atoms with Crippen molar-refractivity contribution >= 4 is 27.3 Å². The van der Waals surface area contributed by atoms with E-state index in [1.165, 1.54) is 0 Å². The van der Waals surface area contributed by atoms with Gasteiger partial charge < -0.3 is 9.31 Å². The Labute approximate surface area is 99.3 Å². The second kappa shape index (κ2) is 3.80. The molecule has 1 fully saturated rings. The molecule has 5 heteroatoms. The summed E-state index contributed by atoms with van der Waals surface area (Å²) in [4.78, 5) is 4.22. The summed E-state index contributed by atoms with van der Waals surface area (Å²) < 4.78 is 11.8. The van der Waals surface area contributed by atoms with Crippen molar-refractivity contribution in [1.29, 1.82) is 0 Å². The number of pyridine rings is 1. The number of aromatic nitrogens is 1. The van der Waals surface area contributed by atoms with Gasteiger partial charge in [-0.2, -0.15) is 0 Å². The maximum absolute atomic E-state index is 5.92. The fourth-order valence-corrected chi connectivity index (χ4v) is 1.71. The summed E-state index contributed by atoms with van der Waals surface area (Å²) in [5, 5.41) is 0. The average molecular weight is 237 g/mol. The molecule has 1 unspecified atom stereocenters. The maximum atomic E-state index is 5.92. The van der Waals surface area contributed by atoms with E-state index in [1.54, 1.807) is 6.20 Å². The molecule has 0 aromatic carbocycles. The van der Waals surface area contributed by atoms with Gasteiger partial charge in [-0.1, -0.05) is 15.3 Å². The van der Waals surface area contributed by atoms with Gasteiger partial charge in [-0.25, -0.2) is 0 Å². The molecule has 1 aliphatic rings. The average Bonchev–Trinajstić information content (AvgIpc) is 2.37. The first kappa shape index (κ1) is 12.0. The Morgan fingerprint density at radius 1 is 1.12 bits per heavy atom. The normalized spacial score (nSPS) is 22.4. The molecule has 1 saturated heterocycles. The van der Waals surface area contributed by atoms with Gasteiger partial charge in [0.2, 0.25) is 0 Å². The van der Waals surface area contributed by atoms with E-state index in [-0.39, 0.29) is 18.3 Å². The van der Waals surface area contributed by atoms with Gasteiger partial charge in [-0.05, 0) is 33.8 Å². The highest BCUT2D eigenvalue weighted by Crippen LogP contribution is 2.36. The molecule has 0 N–H and O–H groups in total. The van der Waals surface area contributed by atoms with E-state index in [9.17, 15) is 0 Å². The van der Waals surface area contributed by atoms with Gasteiger partial charge in [0.05, 0.1) is 16.6 Å². The predicted molar refractivity (Wildman–Crippen MR) is 69.3 cm³/mol. The van der Waals surface area contributed by atoms with Crippen molar-refractivity contribution in [1.82, 2.24) is 4.98 Å². The monoisotopic (exact) mass is 237 g/mol. The lowest BCUT2D eigenvalue weighted by molar-refractivity contribution is 0.00578. The first-order valence-electron chi connectivity index (χ1n) is 5.39. The molecule has 0 aliphatic carbocycles. The van der Waals surface area contributed by atoms with Crippen LogP contribution in [-0.2, 0) is 9.31 Å². The lowest BCUT2D eigenvalue weighted by Crippen LogP contribution is -2.41. The van der Waals surface area contributed by atoms with Crippen molar-refractivity contribution in [3.8, 4) is 0 Å². The number of hydrogen-bond acceptors (Lipinski definition) is 3. The van der Waals surface area contributed by atoms with Crippen LogP contribution in [0.1, 0.15) is 27.7 Å². The molecule has 0 saturated carbocycles. The second-order valence-electron chi connectivity index (χ2n) is 5.10. The Balaban J connectivity index is 2.23. The molecule has 1 atom stereocenters. The molecule has 0 bridgehead atoms. The van der Waals surface area contributed by atoms with Crippen LogP contribution in [0, 0.1) is 0 Å². The quantitative estimate of drug-likeness (QED) is 0.536. The molecule has 0 amide bonds. The highest BCUT2D eigenvalue weighted by atomic mass is 31.0. The number of rotatable bonds is 1. The molecule has 0 spiro atoms. The number of hydrogen-bond donors (Lipinski definition) is 0. The summed E-state index contributed by atoms with van der Waals surface area (Å²) in [6.45, 7) is 8.18. The van der Waals surface area contributed by atoms with Gasteiger partial charge in [-0.15, -0.1) is 0 Å². The molecule has 86 valence electrons. The molecular formula is C11H17BNO2P. The van der Waals surface area contributed by atoms with Crippen molar-refractivity contribution in [2.45, 2.75) is 38.9 Å². The van der Waals surface area contributed by atoms with E-state index in [0.717, 1.165) is 10.9 Å². The van der Waals surface area contributed by atoms with Crippen molar-refractivity contribution in [2.75, 3.05) is 0 Å². The van der Waals surface area contributed by atoms with Gasteiger partial charge in [-0.3, -0.25) is 4.98 Å². The largest absolute Gasteiger partial charge is 0.496 e. The van der Waals surface area contributed by atoms with Crippen LogP contribution < -0.4 is 10.9 Å². The number of nitrogens with zero attached hydrogens (tertiary/aromatic N) is 1. The highest BCUT2D eigenvalue weighted by Gasteiger charge is 2.51. The minimum Gasteiger partial charge on any atom is -0.399 e. The fourth-order valence-electron chi connectivity index (χ4n) is 1.54. The van der Waals surface area contributed by atoms with Crippen LogP contribution in [0.5, 0.6) is 0 Å². The first-order valence-corrected chi connectivity index (χ1v) is 5.97. The van der Waals surface area contributed by atoms with E-state index in [4.69, 9.17) is 9.31 Å². The Morgan fingerprint density at radius 2 is 1.69 bits per heavy atom. The second-order valence-corrected chi connectivity index (χ2v) is 5.70. The van der Waals surface area contributed by atoms with E-state index >= 15 is 0 Å². The lowest BCUT2D eigenvalue weighted by atomic mass is 9.80. The summed E-state index contributed by atoms with van der Waals surface area (Å²) in [6, 6.07) is 3.92. The molecule has 16 heavy (non-hydrogen) atoms. The van der Waals surface area contributed by atoms with Gasteiger partial charge in [0, 0.05) is 11.7 Å². The van der Waals surface area contributed by atoms with E-state index in [0.29, 0.717) is 0 Å². The smallest absolute Gasteiger partial charge is 0.399 e. The SMILES string of the molecule is CC1(C)OB(c2ccc(P)nc2)OC1(C)C. The fraction of sp³-hybridized carbons (Fsp3) is 0.545. The summed E-state index contributed by atoms with van der Waals surface area (Å²) in [5.41, 5.74) is 1.29. The molecule has 2 rings (SSSR count). The van der Waals surface area contributed by atoms with Crippen LogP contribution in [0.3, 0.4) is 0 Å². The zero-order valence-corrected chi connectivity index (χ0v) is 11.3. The van der Waals surface area contributed by atoms with Crippen LogP contribution in [0.4, 0.5) is 0 Å². The molecule has 1 aliphatic heterocycles. The molecule has 1 aromatic heterocycles. The molecule has 2 heterocycles. The van der Waals surface area contributed by atoms with Crippen LogP contribution in [0.25, 0.3) is 0 Å². The zero-order valence-electron chi connectivity index (χ0n) is 10.2. The van der Waals surface area contributed by atoms with Crippen molar-refractivity contribution in [3.63, 3.8) is 0 Å². The van der Waals surface area contributed by atoms with Crippen LogP contribution >= 0.6 is 9.24 Å². The standard InChI is InChI=1S/C11H17BNO2P/c1-10(2)11(3,4)15-12(14-10)8-5-6-9(16)13-7-8/h5-7H,16H2,1-4H3. The van der Waals surface area contributed by atoms with E-state index < -0.39 is 0 Å². The Hall–Kier alpha value is -0.435. The van der Waals surface area contributed by atoms with E-state index in [1.807, 2.05) is 39.8 Å². The van der Waals surface area contributed by atoms with Crippen molar-refractivity contribution in [2.24, 2.45) is 0 Å². The van der Waals surface area contributed by atoms with Gasteiger partial charge in [0.15, 0.2) is 0 Å². The van der Waals surface area contributed by atoms with Gasteiger partial charge in [0.1, 0.15) is 0 Å². The highest BCUT2D eigenvalue weighted by molar-refractivity contribution is 7.26. The third kappa shape index (κ3) is 2.02. The molecule has 1 aromatic rings. The molecular weight excluding hydrogens is 220 g/mol. The lowest BCUT2D eigenvalue weighted by Gasteiger charge is -2.32. The minimum atomic E-state index is -0.317. The predicted octanol–water partition coefficient (Wildman–Crippen LogP) is 0.881. The third-order valence-corrected chi connectivity index (χ3v) is 3.68. The first-order chi connectivity index (χ1) is 7.32. The Morgan fingerprint density at radius 3 is 2.12 bits per heavy atom. The topological polar surface area (TPSA) is 31.4 Å². The minimum absolute atomic E-state index is 0.294. The summed E-state index contributed by atoms with van der Waals surface area (Å²) >= 11 is 0.